The van der Waals surface area contributed by atoms with Crippen molar-refractivity contribution in [1.29, 1.82) is 0 Å². The van der Waals surface area contributed by atoms with Crippen molar-refractivity contribution in [2.75, 3.05) is 13.1 Å². The SMILES string of the molecule is CC(C)C(NC(=O)c1cccc(-c2nn[nH]n2)c1)C(=O)N1CCC(O)(c2ccc(Cl)cc2)C(C)(C)C1. The van der Waals surface area contributed by atoms with E-state index in [1.54, 1.807) is 41.3 Å². The van der Waals surface area contributed by atoms with Crippen LogP contribution in [0.2, 0.25) is 5.02 Å². The van der Waals surface area contributed by atoms with Crippen LogP contribution in [-0.4, -0.2) is 61.6 Å². The molecule has 0 radical (unpaired) electrons. The van der Waals surface area contributed by atoms with Gasteiger partial charge in [0.15, 0.2) is 0 Å². The molecule has 2 aromatic carbocycles. The highest BCUT2D eigenvalue weighted by Crippen LogP contribution is 2.46. The first-order chi connectivity index (χ1) is 17.0. The Morgan fingerprint density at radius 1 is 1.17 bits per heavy atom. The molecule has 2 atom stereocenters. The first-order valence-electron chi connectivity index (χ1n) is 11.9. The summed E-state index contributed by atoms with van der Waals surface area (Å²) in [6.45, 7) is 8.42. The van der Waals surface area contributed by atoms with E-state index < -0.39 is 17.1 Å². The van der Waals surface area contributed by atoms with E-state index in [1.165, 1.54) is 0 Å². The second-order valence-corrected chi connectivity index (χ2v) is 10.7. The van der Waals surface area contributed by atoms with E-state index in [0.717, 1.165) is 5.56 Å². The van der Waals surface area contributed by atoms with Crippen molar-refractivity contribution >= 4 is 23.4 Å². The van der Waals surface area contributed by atoms with Gasteiger partial charge in [-0.05, 0) is 47.4 Å². The van der Waals surface area contributed by atoms with Gasteiger partial charge in [-0.25, -0.2) is 0 Å². The normalized spacial score (nSPS) is 20.2. The number of tetrazole rings is 1. The van der Waals surface area contributed by atoms with E-state index in [2.05, 4.69) is 25.9 Å². The fourth-order valence-electron chi connectivity index (χ4n) is 4.79. The molecule has 1 aliphatic rings. The topological polar surface area (TPSA) is 124 Å². The molecule has 0 aliphatic carbocycles. The summed E-state index contributed by atoms with van der Waals surface area (Å²) in [7, 11) is 0. The van der Waals surface area contributed by atoms with Crippen LogP contribution in [0.5, 0.6) is 0 Å². The van der Waals surface area contributed by atoms with Crippen LogP contribution in [0.25, 0.3) is 11.4 Å². The number of rotatable bonds is 6. The molecule has 1 aliphatic heterocycles. The molecule has 36 heavy (non-hydrogen) atoms. The van der Waals surface area contributed by atoms with Gasteiger partial charge in [-0.2, -0.15) is 5.21 Å². The molecule has 2 heterocycles. The number of aromatic amines is 1. The summed E-state index contributed by atoms with van der Waals surface area (Å²) in [5.41, 5.74) is 0.0776. The van der Waals surface area contributed by atoms with Crippen molar-refractivity contribution in [3.63, 3.8) is 0 Å². The number of halogens is 1. The van der Waals surface area contributed by atoms with Crippen LogP contribution in [0.1, 0.15) is 50.0 Å². The van der Waals surface area contributed by atoms with Crippen molar-refractivity contribution in [2.24, 2.45) is 11.3 Å². The zero-order chi connectivity index (χ0) is 26.1. The highest BCUT2D eigenvalue weighted by atomic mass is 35.5. The number of benzene rings is 2. The Kier molecular flexibility index (Phi) is 7.15. The molecule has 2 amide bonds. The largest absolute Gasteiger partial charge is 0.384 e. The summed E-state index contributed by atoms with van der Waals surface area (Å²) in [5, 5.41) is 29.0. The summed E-state index contributed by atoms with van der Waals surface area (Å²) < 4.78 is 0. The van der Waals surface area contributed by atoms with Gasteiger partial charge in [-0.3, -0.25) is 9.59 Å². The molecule has 9 nitrogen and oxygen atoms in total. The summed E-state index contributed by atoms with van der Waals surface area (Å²) in [6, 6.07) is 13.3. The number of nitrogens with one attached hydrogen (secondary N) is 2. The van der Waals surface area contributed by atoms with Crippen molar-refractivity contribution < 1.29 is 14.7 Å². The van der Waals surface area contributed by atoms with E-state index in [1.807, 2.05) is 39.8 Å². The second-order valence-electron chi connectivity index (χ2n) is 10.3. The maximum absolute atomic E-state index is 13.6. The molecule has 1 aromatic heterocycles. The van der Waals surface area contributed by atoms with E-state index in [0.29, 0.717) is 41.5 Å². The third-order valence-corrected chi connectivity index (χ3v) is 7.28. The average Bonchev–Trinajstić information content (AvgIpc) is 3.39. The Labute approximate surface area is 215 Å². The van der Waals surface area contributed by atoms with E-state index in [9.17, 15) is 14.7 Å². The lowest BCUT2D eigenvalue weighted by Crippen LogP contribution is -2.60. The molecule has 1 fully saturated rings. The highest BCUT2D eigenvalue weighted by Gasteiger charge is 2.50. The van der Waals surface area contributed by atoms with Gasteiger partial charge in [0.25, 0.3) is 5.91 Å². The minimum absolute atomic E-state index is 0.137. The van der Waals surface area contributed by atoms with Crippen LogP contribution in [0.3, 0.4) is 0 Å². The maximum Gasteiger partial charge on any atom is 0.251 e. The number of likely N-dealkylation sites (tertiary alicyclic amines) is 1. The van der Waals surface area contributed by atoms with Gasteiger partial charge < -0.3 is 15.3 Å². The number of amides is 2. The van der Waals surface area contributed by atoms with Gasteiger partial charge in [0.05, 0.1) is 5.60 Å². The van der Waals surface area contributed by atoms with E-state index in [4.69, 9.17) is 11.6 Å². The maximum atomic E-state index is 13.6. The Morgan fingerprint density at radius 3 is 2.50 bits per heavy atom. The highest BCUT2D eigenvalue weighted by molar-refractivity contribution is 6.30. The number of carbonyl (C=O) groups excluding carboxylic acids is 2. The summed E-state index contributed by atoms with van der Waals surface area (Å²) >= 11 is 6.04. The molecule has 10 heteroatoms. The molecule has 0 spiro atoms. The molecule has 1 saturated heterocycles. The second kappa shape index (κ2) is 9.99. The van der Waals surface area contributed by atoms with Crippen LogP contribution < -0.4 is 5.32 Å². The number of hydrogen-bond donors (Lipinski definition) is 3. The fraction of sp³-hybridized carbons (Fsp3) is 0.423. The van der Waals surface area contributed by atoms with Crippen molar-refractivity contribution in [3.05, 3.63) is 64.7 Å². The standard InChI is InChI=1S/C26H31ClN6O3/c1-16(2)21(28-23(34)18-7-5-6-17(14-18)22-29-31-32-30-22)24(35)33-13-12-26(36,25(3,4)15-33)19-8-10-20(27)11-9-19/h5-11,14,16,21,36H,12-13,15H2,1-4H3,(H,28,34)(H,29,30,31,32). The third kappa shape index (κ3) is 4.99. The predicted molar refractivity (Wildman–Crippen MR) is 136 cm³/mol. The monoisotopic (exact) mass is 510 g/mol. The van der Waals surface area contributed by atoms with Gasteiger partial charge in [-0.15, -0.1) is 10.2 Å². The summed E-state index contributed by atoms with van der Waals surface area (Å²) in [4.78, 5) is 28.5. The van der Waals surface area contributed by atoms with Crippen LogP contribution in [-0.2, 0) is 10.4 Å². The lowest BCUT2D eigenvalue weighted by atomic mass is 9.66. The van der Waals surface area contributed by atoms with Crippen molar-refractivity contribution in [1.82, 2.24) is 30.8 Å². The molecule has 0 bridgehead atoms. The smallest absolute Gasteiger partial charge is 0.251 e. The number of H-pyrrole nitrogens is 1. The number of piperidine rings is 1. The number of carbonyl (C=O) groups is 2. The quantitative estimate of drug-likeness (QED) is 0.466. The Morgan fingerprint density at radius 2 is 1.89 bits per heavy atom. The van der Waals surface area contributed by atoms with Crippen molar-refractivity contribution in [2.45, 2.75) is 45.8 Å². The van der Waals surface area contributed by atoms with Crippen LogP contribution >= 0.6 is 11.6 Å². The first kappa shape index (κ1) is 25.8. The molecule has 3 N–H and O–H groups in total. The Bertz CT molecular complexity index is 1230. The van der Waals surface area contributed by atoms with Gasteiger partial charge >= 0.3 is 0 Å². The van der Waals surface area contributed by atoms with Gasteiger partial charge in [0, 0.05) is 34.7 Å². The Hall–Kier alpha value is -3.30. The average molecular weight is 511 g/mol. The minimum Gasteiger partial charge on any atom is -0.384 e. The summed E-state index contributed by atoms with van der Waals surface area (Å²) in [6.07, 6.45) is 0.374. The molecule has 4 rings (SSSR count). The van der Waals surface area contributed by atoms with Crippen LogP contribution in [0.4, 0.5) is 0 Å². The zero-order valence-electron chi connectivity index (χ0n) is 20.8. The zero-order valence-corrected chi connectivity index (χ0v) is 21.6. The number of nitrogens with zero attached hydrogens (tertiary/aromatic N) is 4. The molecular weight excluding hydrogens is 480 g/mol. The lowest BCUT2D eigenvalue weighted by Gasteiger charge is -2.51. The molecular formula is C26H31ClN6O3. The molecule has 190 valence electrons. The van der Waals surface area contributed by atoms with Crippen LogP contribution in [0.15, 0.2) is 48.5 Å². The van der Waals surface area contributed by atoms with Crippen molar-refractivity contribution in [3.8, 4) is 11.4 Å². The van der Waals surface area contributed by atoms with Gasteiger partial charge in [-0.1, -0.05) is 63.6 Å². The Balaban J connectivity index is 1.50. The lowest BCUT2D eigenvalue weighted by molar-refractivity contribution is -0.155. The number of aromatic nitrogens is 4. The van der Waals surface area contributed by atoms with E-state index >= 15 is 0 Å². The predicted octanol–water partition coefficient (Wildman–Crippen LogP) is 3.42. The number of aliphatic hydroxyl groups is 1. The molecule has 0 saturated carbocycles. The first-order valence-corrected chi connectivity index (χ1v) is 12.3. The molecule has 3 aromatic rings. The van der Waals surface area contributed by atoms with Crippen LogP contribution in [0, 0.1) is 11.3 Å². The third-order valence-electron chi connectivity index (χ3n) is 7.03. The number of hydrogen-bond acceptors (Lipinski definition) is 6. The molecule has 2 unspecified atom stereocenters. The van der Waals surface area contributed by atoms with Gasteiger partial charge in [0.2, 0.25) is 11.7 Å². The summed E-state index contributed by atoms with van der Waals surface area (Å²) in [5.74, 6) is -0.285. The fourth-order valence-corrected chi connectivity index (χ4v) is 4.92. The van der Waals surface area contributed by atoms with Gasteiger partial charge in [0.1, 0.15) is 6.04 Å². The minimum atomic E-state index is -1.11. The van der Waals surface area contributed by atoms with E-state index in [-0.39, 0.29) is 17.7 Å².